The predicted octanol–water partition coefficient (Wildman–Crippen LogP) is 3.63. The Morgan fingerprint density at radius 2 is 1.84 bits per heavy atom. The molecule has 7 heteroatoms. The SMILES string of the molecule is Cc1ccc(C(=O)NCCc2cn3cc(C(F)(F)F)ccc3n2)cc1. The summed E-state index contributed by atoms with van der Waals surface area (Å²) in [4.78, 5) is 16.3. The molecule has 0 radical (unpaired) electrons. The molecule has 0 atom stereocenters. The van der Waals surface area contributed by atoms with Gasteiger partial charge >= 0.3 is 6.18 Å². The van der Waals surface area contributed by atoms with Crippen LogP contribution in [0, 0.1) is 6.92 Å². The number of nitrogens with zero attached hydrogens (tertiary/aromatic N) is 2. The van der Waals surface area contributed by atoms with Crippen molar-refractivity contribution in [3.8, 4) is 0 Å². The van der Waals surface area contributed by atoms with E-state index in [0.29, 0.717) is 29.9 Å². The molecule has 25 heavy (non-hydrogen) atoms. The molecule has 0 fully saturated rings. The number of amides is 1. The third kappa shape index (κ3) is 3.99. The van der Waals surface area contributed by atoms with Gasteiger partial charge < -0.3 is 9.72 Å². The number of halogens is 3. The van der Waals surface area contributed by atoms with Gasteiger partial charge in [0.1, 0.15) is 5.65 Å². The summed E-state index contributed by atoms with van der Waals surface area (Å²) in [7, 11) is 0. The van der Waals surface area contributed by atoms with Crippen LogP contribution >= 0.6 is 0 Å². The van der Waals surface area contributed by atoms with E-state index in [-0.39, 0.29) is 5.91 Å². The average Bonchev–Trinajstić information content (AvgIpc) is 2.96. The van der Waals surface area contributed by atoms with Crippen molar-refractivity contribution in [2.24, 2.45) is 0 Å². The Bertz CT molecular complexity index is 898. The molecular formula is C18H16F3N3O. The number of carbonyl (C=O) groups is 1. The highest BCUT2D eigenvalue weighted by Gasteiger charge is 2.30. The molecule has 2 heterocycles. The lowest BCUT2D eigenvalue weighted by Crippen LogP contribution is -2.25. The number of hydrogen-bond acceptors (Lipinski definition) is 2. The lowest BCUT2D eigenvalue weighted by atomic mass is 10.1. The van der Waals surface area contributed by atoms with E-state index < -0.39 is 11.7 Å². The van der Waals surface area contributed by atoms with E-state index in [1.165, 1.54) is 10.5 Å². The van der Waals surface area contributed by atoms with Gasteiger partial charge in [-0.2, -0.15) is 13.2 Å². The van der Waals surface area contributed by atoms with E-state index in [1.807, 2.05) is 19.1 Å². The van der Waals surface area contributed by atoms with Crippen molar-refractivity contribution in [1.82, 2.24) is 14.7 Å². The number of alkyl halides is 3. The minimum atomic E-state index is -4.39. The molecular weight excluding hydrogens is 331 g/mol. The highest BCUT2D eigenvalue weighted by Crippen LogP contribution is 2.29. The molecule has 0 spiro atoms. The van der Waals surface area contributed by atoms with E-state index in [9.17, 15) is 18.0 Å². The van der Waals surface area contributed by atoms with Crippen LogP contribution in [0.25, 0.3) is 5.65 Å². The van der Waals surface area contributed by atoms with Gasteiger partial charge in [0.2, 0.25) is 0 Å². The quantitative estimate of drug-likeness (QED) is 0.783. The van der Waals surface area contributed by atoms with Crippen molar-refractivity contribution in [2.75, 3.05) is 6.54 Å². The first-order chi connectivity index (χ1) is 11.8. The van der Waals surface area contributed by atoms with Gasteiger partial charge in [-0.3, -0.25) is 4.79 Å². The molecule has 1 amide bonds. The van der Waals surface area contributed by atoms with Crippen molar-refractivity contribution in [3.05, 3.63) is 71.2 Å². The topological polar surface area (TPSA) is 46.4 Å². The number of aromatic nitrogens is 2. The average molecular weight is 347 g/mol. The van der Waals surface area contributed by atoms with Crippen molar-refractivity contribution in [2.45, 2.75) is 19.5 Å². The Kier molecular flexibility index (Phi) is 4.48. The van der Waals surface area contributed by atoms with E-state index in [1.54, 1.807) is 18.3 Å². The zero-order chi connectivity index (χ0) is 18.0. The molecule has 0 unspecified atom stereocenters. The number of carbonyl (C=O) groups excluding carboxylic acids is 1. The van der Waals surface area contributed by atoms with Crippen LogP contribution in [-0.4, -0.2) is 21.8 Å². The Morgan fingerprint density at radius 3 is 2.52 bits per heavy atom. The molecule has 0 saturated heterocycles. The normalized spacial score (nSPS) is 11.7. The predicted molar refractivity (Wildman–Crippen MR) is 87.4 cm³/mol. The molecule has 1 N–H and O–H groups in total. The Morgan fingerprint density at radius 1 is 1.12 bits per heavy atom. The lowest BCUT2D eigenvalue weighted by Gasteiger charge is -2.05. The fourth-order valence-corrected chi connectivity index (χ4v) is 2.44. The second-order valence-corrected chi connectivity index (χ2v) is 5.79. The summed E-state index contributed by atoms with van der Waals surface area (Å²) in [6.07, 6.45) is -1.40. The fourth-order valence-electron chi connectivity index (χ4n) is 2.44. The molecule has 4 nitrogen and oxygen atoms in total. The molecule has 0 aliphatic carbocycles. The number of imidazole rings is 1. The third-order valence-electron chi connectivity index (χ3n) is 3.81. The summed E-state index contributed by atoms with van der Waals surface area (Å²) >= 11 is 0. The van der Waals surface area contributed by atoms with Gasteiger partial charge in [-0.25, -0.2) is 4.98 Å². The zero-order valence-electron chi connectivity index (χ0n) is 13.5. The molecule has 0 saturated carbocycles. The Balaban J connectivity index is 1.63. The molecule has 0 aliphatic rings. The molecule has 2 aromatic heterocycles. The Hall–Kier alpha value is -2.83. The highest BCUT2D eigenvalue weighted by atomic mass is 19.4. The van der Waals surface area contributed by atoms with Crippen LogP contribution in [-0.2, 0) is 12.6 Å². The third-order valence-corrected chi connectivity index (χ3v) is 3.81. The number of fused-ring (bicyclic) bond motifs is 1. The number of nitrogens with one attached hydrogen (secondary N) is 1. The molecule has 3 aromatic rings. The van der Waals surface area contributed by atoms with Crippen LogP contribution in [0.5, 0.6) is 0 Å². The van der Waals surface area contributed by atoms with Crippen LogP contribution in [0.4, 0.5) is 13.2 Å². The zero-order valence-corrected chi connectivity index (χ0v) is 13.5. The van der Waals surface area contributed by atoms with E-state index in [2.05, 4.69) is 10.3 Å². The molecule has 0 bridgehead atoms. The van der Waals surface area contributed by atoms with Gasteiger partial charge in [0.25, 0.3) is 5.91 Å². The van der Waals surface area contributed by atoms with Crippen molar-refractivity contribution in [3.63, 3.8) is 0 Å². The lowest BCUT2D eigenvalue weighted by molar-refractivity contribution is -0.137. The second-order valence-electron chi connectivity index (χ2n) is 5.79. The first kappa shape index (κ1) is 17.0. The smallest absolute Gasteiger partial charge is 0.352 e. The van der Waals surface area contributed by atoms with Gasteiger partial charge in [0, 0.05) is 30.9 Å². The summed E-state index contributed by atoms with van der Waals surface area (Å²) in [5.41, 5.74) is 1.96. The first-order valence-electron chi connectivity index (χ1n) is 7.72. The van der Waals surface area contributed by atoms with Gasteiger partial charge in [-0.15, -0.1) is 0 Å². The standard InChI is InChI=1S/C18H16F3N3O/c1-12-2-4-13(5-3-12)17(25)22-9-8-15-11-24-10-14(18(19,20)21)6-7-16(24)23-15/h2-7,10-11H,8-9H2,1H3,(H,22,25). The van der Waals surface area contributed by atoms with Crippen LogP contribution in [0.1, 0.15) is 27.2 Å². The molecule has 0 aliphatic heterocycles. The highest BCUT2D eigenvalue weighted by molar-refractivity contribution is 5.94. The monoisotopic (exact) mass is 347 g/mol. The van der Waals surface area contributed by atoms with Crippen molar-refractivity contribution < 1.29 is 18.0 Å². The van der Waals surface area contributed by atoms with Crippen LogP contribution in [0.2, 0.25) is 0 Å². The van der Waals surface area contributed by atoms with Crippen molar-refractivity contribution >= 4 is 11.6 Å². The van der Waals surface area contributed by atoms with Gasteiger partial charge in [-0.05, 0) is 31.2 Å². The number of hydrogen-bond donors (Lipinski definition) is 1. The number of aryl methyl sites for hydroxylation is 1. The summed E-state index contributed by atoms with van der Waals surface area (Å²) in [5, 5.41) is 2.78. The maximum Gasteiger partial charge on any atom is 0.417 e. The maximum atomic E-state index is 12.7. The second kappa shape index (κ2) is 6.58. The van der Waals surface area contributed by atoms with E-state index in [4.69, 9.17) is 0 Å². The molecule has 3 rings (SSSR count). The maximum absolute atomic E-state index is 12.7. The summed E-state index contributed by atoms with van der Waals surface area (Å²) < 4.78 is 39.5. The Labute approximate surface area is 142 Å². The van der Waals surface area contributed by atoms with E-state index in [0.717, 1.165) is 17.8 Å². The van der Waals surface area contributed by atoms with Crippen LogP contribution in [0.15, 0.2) is 48.8 Å². The van der Waals surface area contributed by atoms with Crippen LogP contribution in [0.3, 0.4) is 0 Å². The first-order valence-corrected chi connectivity index (χ1v) is 7.72. The molecule has 1 aromatic carbocycles. The minimum absolute atomic E-state index is 0.192. The number of rotatable bonds is 4. The summed E-state index contributed by atoms with van der Waals surface area (Å²) in [6.45, 7) is 2.29. The molecule has 130 valence electrons. The summed E-state index contributed by atoms with van der Waals surface area (Å²) in [5.74, 6) is -0.192. The van der Waals surface area contributed by atoms with Gasteiger partial charge in [0.05, 0.1) is 11.3 Å². The summed E-state index contributed by atoms with van der Waals surface area (Å²) in [6, 6.07) is 9.54. The van der Waals surface area contributed by atoms with Crippen LogP contribution < -0.4 is 5.32 Å². The van der Waals surface area contributed by atoms with Crippen molar-refractivity contribution in [1.29, 1.82) is 0 Å². The number of pyridine rings is 1. The fraction of sp³-hybridized carbons (Fsp3) is 0.222. The van der Waals surface area contributed by atoms with E-state index >= 15 is 0 Å². The largest absolute Gasteiger partial charge is 0.417 e. The van der Waals surface area contributed by atoms with Gasteiger partial charge in [-0.1, -0.05) is 17.7 Å². The minimum Gasteiger partial charge on any atom is -0.352 e. The van der Waals surface area contributed by atoms with Gasteiger partial charge in [0.15, 0.2) is 0 Å². The number of benzene rings is 1.